The number of rotatable bonds is 6. The Kier molecular flexibility index (Phi) is 5.83. The van der Waals surface area contributed by atoms with Crippen LogP contribution in [0.15, 0.2) is 58.2 Å². The van der Waals surface area contributed by atoms with Crippen LogP contribution in [0.2, 0.25) is 0 Å². The van der Waals surface area contributed by atoms with Crippen molar-refractivity contribution in [2.45, 2.75) is 30.3 Å². The summed E-state index contributed by atoms with van der Waals surface area (Å²) in [4.78, 5) is 17.6. The highest BCUT2D eigenvalue weighted by atomic mass is 32.2. The van der Waals surface area contributed by atoms with Gasteiger partial charge in [-0.2, -0.15) is 4.31 Å². The Bertz CT molecular complexity index is 1250. The molecule has 8 nitrogen and oxygen atoms in total. The first kappa shape index (κ1) is 21.5. The first-order valence-corrected chi connectivity index (χ1v) is 11.6. The lowest BCUT2D eigenvalue weighted by Gasteiger charge is -2.22. The van der Waals surface area contributed by atoms with Gasteiger partial charge in [0.2, 0.25) is 10.0 Å². The lowest BCUT2D eigenvalue weighted by molar-refractivity contribution is 0.413. The zero-order valence-electron chi connectivity index (χ0n) is 17.8. The molecule has 1 aliphatic heterocycles. The molecule has 0 radical (unpaired) electrons. The fourth-order valence-corrected chi connectivity index (χ4v) is 5.53. The molecule has 0 spiro atoms. The standard InChI is InChI=1S/C22H26N4O4S/c1-15(21-24-20-7-5-4-6-19(20)22(27)25(21)2)23-16-12-13-26(14-16)31(28,29)18-10-8-17(30-3)9-11-18/h4-11,15-16,23H,12-14H2,1-3H3. The lowest BCUT2D eigenvalue weighted by atomic mass is 10.2. The van der Waals surface area contributed by atoms with Gasteiger partial charge < -0.3 is 10.1 Å². The van der Waals surface area contributed by atoms with Crippen molar-refractivity contribution in [2.75, 3.05) is 20.2 Å². The van der Waals surface area contributed by atoms with Crippen molar-refractivity contribution in [2.24, 2.45) is 7.05 Å². The molecule has 2 atom stereocenters. The summed E-state index contributed by atoms with van der Waals surface area (Å²) in [5.74, 6) is 1.24. The number of para-hydroxylation sites is 1. The number of methoxy groups -OCH3 is 1. The van der Waals surface area contributed by atoms with E-state index in [0.717, 1.165) is 0 Å². The van der Waals surface area contributed by atoms with Crippen molar-refractivity contribution >= 4 is 20.9 Å². The number of hydrogen-bond donors (Lipinski definition) is 1. The molecule has 0 amide bonds. The van der Waals surface area contributed by atoms with Gasteiger partial charge in [-0.25, -0.2) is 13.4 Å². The first-order valence-electron chi connectivity index (χ1n) is 10.2. The molecule has 164 valence electrons. The van der Waals surface area contributed by atoms with Crippen molar-refractivity contribution in [1.82, 2.24) is 19.2 Å². The molecule has 3 aromatic rings. The van der Waals surface area contributed by atoms with E-state index in [9.17, 15) is 13.2 Å². The van der Waals surface area contributed by atoms with Gasteiger partial charge in [0.15, 0.2) is 0 Å². The van der Waals surface area contributed by atoms with E-state index < -0.39 is 10.0 Å². The van der Waals surface area contributed by atoms with Crippen LogP contribution in [0.5, 0.6) is 5.75 Å². The molecule has 2 heterocycles. The normalized spacial score (nSPS) is 18.4. The van der Waals surface area contributed by atoms with Crippen LogP contribution in [0.4, 0.5) is 0 Å². The Hall–Kier alpha value is -2.75. The fraction of sp³-hybridized carbons (Fsp3) is 0.364. The molecule has 1 fully saturated rings. The predicted molar refractivity (Wildman–Crippen MR) is 119 cm³/mol. The van der Waals surface area contributed by atoms with E-state index in [-0.39, 0.29) is 22.5 Å². The quantitative estimate of drug-likeness (QED) is 0.628. The van der Waals surface area contributed by atoms with Crippen LogP contribution in [-0.2, 0) is 17.1 Å². The number of nitrogens with zero attached hydrogens (tertiary/aromatic N) is 3. The van der Waals surface area contributed by atoms with E-state index in [1.54, 1.807) is 49.1 Å². The van der Waals surface area contributed by atoms with Gasteiger partial charge in [0.1, 0.15) is 11.6 Å². The molecule has 0 bridgehead atoms. The molecule has 1 aliphatic rings. The van der Waals surface area contributed by atoms with Gasteiger partial charge in [0.25, 0.3) is 5.56 Å². The van der Waals surface area contributed by atoms with Gasteiger partial charge in [-0.1, -0.05) is 12.1 Å². The monoisotopic (exact) mass is 442 g/mol. The molecular formula is C22H26N4O4S. The van der Waals surface area contributed by atoms with Crippen molar-refractivity contribution < 1.29 is 13.2 Å². The molecule has 1 aromatic heterocycles. The maximum atomic E-state index is 13.0. The van der Waals surface area contributed by atoms with Crippen molar-refractivity contribution in [3.8, 4) is 5.75 Å². The van der Waals surface area contributed by atoms with E-state index in [2.05, 4.69) is 10.3 Å². The van der Waals surface area contributed by atoms with Crippen molar-refractivity contribution in [3.05, 3.63) is 64.7 Å². The van der Waals surface area contributed by atoms with Crippen LogP contribution in [0.3, 0.4) is 0 Å². The summed E-state index contributed by atoms with van der Waals surface area (Å²) >= 11 is 0. The fourth-order valence-electron chi connectivity index (χ4n) is 4.03. The first-order chi connectivity index (χ1) is 14.8. The van der Waals surface area contributed by atoms with Gasteiger partial charge in [-0.3, -0.25) is 9.36 Å². The number of hydrogen-bond acceptors (Lipinski definition) is 6. The lowest BCUT2D eigenvalue weighted by Crippen LogP contribution is -2.38. The summed E-state index contributed by atoms with van der Waals surface area (Å²) in [7, 11) is -0.318. The summed E-state index contributed by atoms with van der Waals surface area (Å²) in [6, 6.07) is 13.4. The second kappa shape index (κ2) is 8.41. The number of sulfonamides is 1. The smallest absolute Gasteiger partial charge is 0.261 e. The largest absolute Gasteiger partial charge is 0.497 e. The van der Waals surface area contributed by atoms with Crippen LogP contribution < -0.4 is 15.6 Å². The molecule has 2 aromatic carbocycles. The van der Waals surface area contributed by atoms with E-state index in [4.69, 9.17) is 4.74 Å². The second-order valence-corrected chi connectivity index (χ2v) is 9.70. The number of nitrogens with one attached hydrogen (secondary N) is 1. The molecule has 4 rings (SSSR count). The van der Waals surface area contributed by atoms with Crippen molar-refractivity contribution in [1.29, 1.82) is 0 Å². The molecule has 2 unspecified atom stereocenters. The SMILES string of the molecule is COc1ccc(S(=O)(=O)N2CCC(NC(C)c3nc4ccccc4c(=O)n3C)C2)cc1. The molecule has 31 heavy (non-hydrogen) atoms. The highest BCUT2D eigenvalue weighted by molar-refractivity contribution is 7.89. The Morgan fingerprint density at radius 1 is 1.16 bits per heavy atom. The maximum Gasteiger partial charge on any atom is 0.261 e. The molecule has 0 saturated carbocycles. The predicted octanol–water partition coefficient (Wildman–Crippen LogP) is 2.06. The third-order valence-electron chi connectivity index (χ3n) is 5.74. The molecule has 0 aliphatic carbocycles. The Morgan fingerprint density at radius 2 is 1.87 bits per heavy atom. The van der Waals surface area contributed by atoms with Gasteiger partial charge in [-0.15, -0.1) is 0 Å². The topological polar surface area (TPSA) is 93.5 Å². The van der Waals surface area contributed by atoms with E-state index in [1.165, 1.54) is 4.31 Å². The number of ether oxygens (including phenoxy) is 1. The summed E-state index contributed by atoms with van der Waals surface area (Å²) < 4.78 is 34.1. The van der Waals surface area contributed by atoms with Gasteiger partial charge in [0, 0.05) is 26.2 Å². The van der Waals surface area contributed by atoms with Gasteiger partial charge in [0.05, 0.1) is 29.0 Å². The Labute approximate surface area is 181 Å². The minimum Gasteiger partial charge on any atom is -0.497 e. The van der Waals surface area contributed by atoms with Crippen LogP contribution in [-0.4, -0.2) is 48.5 Å². The minimum absolute atomic E-state index is 0.0357. The Morgan fingerprint density at radius 3 is 2.58 bits per heavy atom. The summed E-state index contributed by atoms with van der Waals surface area (Å²) in [6.07, 6.45) is 0.682. The van der Waals surface area contributed by atoms with Crippen LogP contribution in [0.1, 0.15) is 25.2 Å². The minimum atomic E-state index is -3.57. The number of aromatic nitrogens is 2. The Balaban J connectivity index is 1.49. The highest BCUT2D eigenvalue weighted by Crippen LogP contribution is 2.24. The second-order valence-electron chi connectivity index (χ2n) is 7.76. The summed E-state index contributed by atoms with van der Waals surface area (Å²) in [5, 5.41) is 4.03. The van der Waals surface area contributed by atoms with Gasteiger partial charge >= 0.3 is 0 Å². The molecule has 9 heteroatoms. The van der Waals surface area contributed by atoms with E-state index in [1.807, 2.05) is 25.1 Å². The third-order valence-corrected chi connectivity index (χ3v) is 7.62. The third kappa shape index (κ3) is 4.08. The molecule has 1 saturated heterocycles. The maximum absolute atomic E-state index is 13.0. The zero-order chi connectivity index (χ0) is 22.2. The molecular weight excluding hydrogens is 416 g/mol. The average Bonchev–Trinajstić information content (AvgIpc) is 3.25. The van der Waals surface area contributed by atoms with Crippen LogP contribution in [0, 0.1) is 0 Å². The number of fused-ring (bicyclic) bond motifs is 1. The van der Waals surface area contributed by atoms with E-state index >= 15 is 0 Å². The van der Waals surface area contributed by atoms with Crippen molar-refractivity contribution in [3.63, 3.8) is 0 Å². The van der Waals surface area contributed by atoms with Gasteiger partial charge in [-0.05, 0) is 49.7 Å². The summed E-state index contributed by atoms with van der Waals surface area (Å²) in [5.41, 5.74) is 0.564. The van der Waals surface area contributed by atoms with Crippen LogP contribution >= 0.6 is 0 Å². The molecule has 1 N–H and O–H groups in total. The summed E-state index contributed by atoms with van der Waals surface area (Å²) in [6.45, 7) is 2.74. The average molecular weight is 443 g/mol. The number of benzene rings is 2. The highest BCUT2D eigenvalue weighted by Gasteiger charge is 2.33. The zero-order valence-corrected chi connectivity index (χ0v) is 18.6. The van der Waals surface area contributed by atoms with E-state index in [0.29, 0.717) is 42.0 Å². The van der Waals surface area contributed by atoms with Crippen LogP contribution in [0.25, 0.3) is 10.9 Å².